The van der Waals surface area contributed by atoms with E-state index in [9.17, 15) is 4.79 Å². The summed E-state index contributed by atoms with van der Waals surface area (Å²) in [7, 11) is 0. The second-order valence-electron chi connectivity index (χ2n) is 3.92. The highest BCUT2D eigenvalue weighted by Crippen LogP contribution is 2.18. The molecule has 4 heteroatoms. The van der Waals surface area contributed by atoms with Gasteiger partial charge in [0.15, 0.2) is 0 Å². The Balaban J connectivity index is 1.88. The second kappa shape index (κ2) is 5.98. The number of ether oxygens (including phenoxy) is 1. The van der Waals surface area contributed by atoms with Crippen LogP contribution in [0.1, 0.15) is 12.8 Å². The molecule has 1 aromatic rings. The van der Waals surface area contributed by atoms with Crippen LogP contribution in [0.4, 0.5) is 0 Å². The van der Waals surface area contributed by atoms with Gasteiger partial charge in [0.25, 0.3) is 0 Å². The first kappa shape index (κ1) is 12.3. The van der Waals surface area contributed by atoms with Crippen LogP contribution in [0.15, 0.2) is 40.4 Å². The van der Waals surface area contributed by atoms with E-state index in [2.05, 4.69) is 27.3 Å². The van der Waals surface area contributed by atoms with Gasteiger partial charge in [0.05, 0.1) is 6.42 Å². The third-order valence-electron chi connectivity index (χ3n) is 2.57. The van der Waals surface area contributed by atoms with E-state index in [-0.39, 0.29) is 5.97 Å². The fourth-order valence-electron chi connectivity index (χ4n) is 1.69. The summed E-state index contributed by atoms with van der Waals surface area (Å²) in [6.45, 7) is 1.79. The van der Waals surface area contributed by atoms with E-state index in [1.165, 1.54) is 0 Å². The lowest BCUT2D eigenvalue weighted by molar-refractivity contribution is -0.133. The van der Waals surface area contributed by atoms with Crippen molar-refractivity contribution in [2.75, 3.05) is 13.1 Å². The fraction of sp³-hybridized carbons (Fsp3) is 0.308. The largest absolute Gasteiger partial charge is 0.426 e. The molecule has 3 nitrogen and oxygen atoms in total. The molecule has 0 fully saturated rings. The third kappa shape index (κ3) is 3.98. The summed E-state index contributed by atoms with van der Waals surface area (Å²) in [5, 5.41) is 3.21. The molecule has 0 aromatic heterocycles. The molecule has 1 aromatic carbocycles. The number of carbonyl (C=O) groups is 1. The van der Waals surface area contributed by atoms with Crippen molar-refractivity contribution in [2.45, 2.75) is 12.8 Å². The number of halogens is 1. The quantitative estimate of drug-likeness (QED) is 0.529. The monoisotopic (exact) mass is 295 g/mol. The van der Waals surface area contributed by atoms with Gasteiger partial charge in [-0.15, -0.1) is 0 Å². The minimum atomic E-state index is -0.194. The van der Waals surface area contributed by atoms with Crippen LogP contribution in [-0.4, -0.2) is 19.1 Å². The van der Waals surface area contributed by atoms with Gasteiger partial charge in [-0.25, -0.2) is 0 Å². The minimum Gasteiger partial charge on any atom is -0.426 e. The summed E-state index contributed by atoms with van der Waals surface area (Å²) in [5.41, 5.74) is 1.16. The molecular formula is C13H14BrNO2. The van der Waals surface area contributed by atoms with E-state index >= 15 is 0 Å². The molecule has 0 unspecified atom stereocenters. The van der Waals surface area contributed by atoms with Crippen molar-refractivity contribution in [3.63, 3.8) is 0 Å². The molecule has 0 atom stereocenters. The lowest BCUT2D eigenvalue weighted by Gasteiger charge is -2.13. The van der Waals surface area contributed by atoms with Crippen LogP contribution in [0, 0.1) is 0 Å². The number of benzene rings is 1. The zero-order valence-electron chi connectivity index (χ0n) is 9.41. The molecule has 1 N–H and O–H groups in total. The van der Waals surface area contributed by atoms with Gasteiger partial charge in [-0.1, -0.05) is 27.6 Å². The molecule has 1 heterocycles. The zero-order valence-corrected chi connectivity index (χ0v) is 11.0. The second-order valence-corrected chi connectivity index (χ2v) is 4.84. The highest BCUT2D eigenvalue weighted by molar-refractivity contribution is 9.10. The Kier molecular flexibility index (Phi) is 4.34. The predicted octanol–water partition coefficient (Wildman–Crippen LogP) is 2.66. The molecule has 1 aliphatic rings. The Morgan fingerprint density at radius 3 is 2.76 bits per heavy atom. The summed E-state index contributed by atoms with van der Waals surface area (Å²) in [6, 6.07) is 7.26. The first-order valence-corrected chi connectivity index (χ1v) is 6.38. The number of carbonyl (C=O) groups excluding carboxylic acids is 1. The van der Waals surface area contributed by atoms with Crippen LogP contribution in [0.5, 0.6) is 5.75 Å². The standard InChI is InChI=1S/C13H14BrNO2/c14-11-1-3-12(4-2-11)17-13(16)9-10-5-7-15-8-6-10/h1-5,15H,6-9H2. The fourth-order valence-corrected chi connectivity index (χ4v) is 1.95. The number of esters is 1. The minimum absolute atomic E-state index is 0.194. The molecule has 0 saturated carbocycles. The van der Waals surface area contributed by atoms with Gasteiger partial charge in [-0.05, 0) is 37.2 Å². The van der Waals surface area contributed by atoms with E-state index < -0.39 is 0 Å². The molecular weight excluding hydrogens is 282 g/mol. The SMILES string of the molecule is O=C(CC1=CCNCC1)Oc1ccc(Br)cc1. The molecule has 90 valence electrons. The van der Waals surface area contributed by atoms with Crippen molar-refractivity contribution in [1.29, 1.82) is 0 Å². The average molecular weight is 296 g/mol. The molecule has 0 spiro atoms. The highest BCUT2D eigenvalue weighted by Gasteiger charge is 2.10. The van der Waals surface area contributed by atoms with Crippen LogP contribution >= 0.6 is 15.9 Å². The first-order valence-electron chi connectivity index (χ1n) is 5.59. The van der Waals surface area contributed by atoms with Gasteiger partial charge in [0.1, 0.15) is 5.75 Å². The van der Waals surface area contributed by atoms with Crippen molar-refractivity contribution >= 4 is 21.9 Å². The Morgan fingerprint density at radius 2 is 2.12 bits per heavy atom. The summed E-state index contributed by atoms with van der Waals surface area (Å²) >= 11 is 3.33. The summed E-state index contributed by atoms with van der Waals surface area (Å²) in [4.78, 5) is 11.7. The molecule has 0 saturated heterocycles. The smallest absolute Gasteiger partial charge is 0.315 e. The molecule has 2 rings (SSSR count). The number of nitrogens with one attached hydrogen (secondary N) is 1. The third-order valence-corrected chi connectivity index (χ3v) is 3.10. The average Bonchev–Trinajstić information content (AvgIpc) is 2.33. The molecule has 17 heavy (non-hydrogen) atoms. The number of hydrogen-bond donors (Lipinski definition) is 1. The predicted molar refractivity (Wildman–Crippen MR) is 70.0 cm³/mol. The summed E-state index contributed by atoms with van der Waals surface area (Å²) < 4.78 is 6.22. The molecule has 1 aliphatic heterocycles. The lowest BCUT2D eigenvalue weighted by atomic mass is 10.1. The zero-order chi connectivity index (χ0) is 12.1. The highest BCUT2D eigenvalue weighted by atomic mass is 79.9. The van der Waals surface area contributed by atoms with Crippen molar-refractivity contribution in [3.8, 4) is 5.75 Å². The van der Waals surface area contributed by atoms with Crippen LogP contribution in [0.2, 0.25) is 0 Å². The Morgan fingerprint density at radius 1 is 1.35 bits per heavy atom. The molecule has 0 radical (unpaired) electrons. The topological polar surface area (TPSA) is 38.3 Å². The Bertz CT molecular complexity index is 426. The van der Waals surface area contributed by atoms with Gasteiger partial charge < -0.3 is 10.1 Å². The van der Waals surface area contributed by atoms with Crippen LogP contribution in [0.25, 0.3) is 0 Å². The van der Waals surface area contributed by atoms with Crippen molar-refractivity contribution in [3.05, 3.63) is 40.4 Å². The van der Waals surface area contributed by atoms with Gasteiger partial charge in [0.2, 0.25) is 0 Å². The van der Waals surface area contributed by atoms with E-state index in [1.54, 1.807) is 12.1 Å². The Hall–Kier alpha value is -1.13. The van der Waals surface area contributed by atoms with Gasteiger partial charge in [-0.3, -0.25) is 4.79 Å². The van der Waals surface area contributed by atoms with E-state index in [0.717, 1.165) is 29.6 Å². The lowest BCUT2D eigenvalue weighted by Crippen LogP contribution is -2.22. The van der Waals surface area contributed by atoms with Crippen LogP contribution in [-0.2, 0) is 4.79 Å². The first-order chi connectivity index (χ1) is 8.24. The molecule has 0 bridgehead atoms. The molecule has 0 aliphatic carbocycles. The summed E-state index contributed by atoms with van der Waals surface area (Å²) in [5.74, 6) is 0.396. The number of hydrogen-bond acceptors (Lipinski definition) is 3. The van der Waals surface area contributed by atoms with Gasteiger partial charge >= 0.3 is 5.97 Å². The van der Waals surface area contributed by atoms with Crippen molar-refractivity contribution in [2.24, 2.45) is 0 Å². The van der Waals surface area contributed by atoms with Crippen molar-refractivity contribution in [1.82, 2.24) is 5.32 Å². The van der Waals surface area contributed by atoms with Crippen LogP contribution in [0.3, 0.4) is 0 Å². The van der Waals surface area contributed by atoms with Crippen molar-refractivity contribution < 1.29 is 9.53 Å². The van der Waals surface area contributed by atoms with Gasteiger partial charge in [0, 0.05) is 11.0 Å². The van der Waals surface area contributed by atoms with E-state index in [0.29, 0.717) is 12.2 Å². The maximum absolute atomic E-state index is 11.7. The van der Waals surface area contributed by atoms with E-state index in [1.807, 2.05) is 12.1 Å². The maximum atomic E-state index is 11.7. The van der Waals surface area contributed by atoms with E-state index in [4.69, 9.17) is 4.74 Å². The van der Waals surface area contributed by atoms with Crippen LogP contribution < -0.4 is 10.1 Å². The normalized spacial score (nSPS) is 15.2. The number of rotatable bonds is 3. The van der Waals surface area contributed by atoms with Gasteiger partial charge in [-0.2, -0.15) is 0 Å². The maximum Gasteiger partial charge on any atom is 0.315 e. The molecule has 0 amide bonds. The summed E-state index contributed by atoms with van der Waals surface area (Å²) in [6.07, 6.45) is 3.37. The Labute approximate surface area is 109 Å².